The normalized spacial score (nSPS) is 22.6. The van der Waals surface area contributed by atoms with Crippen LogP contribution in [0.3, 0.4) is 0 Å². The largest absolute Gasteiger partial charge is 0.416 e. The molecule has 0 aliphatic heterocycles. The second kappa shape index (κ2) is 4.76. The van der Waals surface area contributed by atoms with Crippen molar-refractivity contribution in [1.29, 1.82) is 0 Å². The lowest BCUT2D eigenvalue weighted by Crippen LogP contribution is -2.28. The SMILES string of the molecule is CC(NCC1(C2CC2)CC1)c1ccc(C(F)(F)F)cc1. The standard InChI is InChI=1S/C16H20F3N/c1-11(20-10-15(8-9-15)13-6-7-13)12-2-4-14(5-3-12)16(17,18)19/h2-5,11,13,20H,6-10H2,1H3. The molecule has 0 heterocycles. The molecule has 1 aromatic rings. The van der Waals surface area contributed by atoms with Crippen molar-refractivity contribution in [3.8, 4) is 0 Å². The topological polar surface area (TPSA) is 12.0 Å². The second-order valence-corrected chi connectivity index (χ2v) is 6.36. The highest BCUT2D eigenvalue weighted by molar-refractivity contribution is 5.26. The average molecular weight is 283 g/mol. The van der Waals surface area contributed by atoms with Crippen LogP contribution < -0.4 is 5.32 Å². The third kappa shape index (κ3) is 2.85. The minimum Gasteiger partial charge on any atom is -0.310 e. The summed E-state index contributed by atoms with van der Waals surface area (Å²) in [6, 6.07) is 5.60. The van der Waals surface area contributed by atoms with Gasteiger partial charge in [0.2, 0.25) is 0 Å². The molecule has 1 atom stereocenters. The molecule has 2 fully saturated rings. The van der Waals surface area contributed by atoms with E-state index >= 15 is 0 Å². The van der Waals surface area contributed by atoms with Gasteiger partial charge < -0.3 is 5.32 Å². The Morgan fingerprint density at radius 1 is 1.20 bits per heavy atom. The summed E-state index contributed by atoms with van der Waals surface area (Å²) in [6.07, 6.45) is 1.08. The molecule has 2 aliphatic carbocycles. The van der Waals surface area contributed by atoms with E-state index < -0.39 is 11.7 Å². The van der Waals surface area contributed by atoms with Crippen molar-refractivity contribution in [2.45, 2.75) is 44.8 Å². The minimum absolute atomic E-state index is 0.105. The second-order valence-electron chi connectivity index (χ2n) is 6.36. The molecule has 0 aromatic heterocycles. The number of rotatable bonds is 5. The van der Waals surface area contributed by atoms with E-state index in [0.29, 0.717) is 5.41 Å². The Morgan fingerprint density at radius 2 is 1.80 bits per heavy atom. The van der Waals surface area contributed by atoms with E-state index in [1.165, 1.54) is 37.8 Å². The predicted molar refractivity (Wildman–Crippen MR) is 72.3 cm³/mol. The molecule has 0 amide bonds. The molecule has 0 saturated heterocycles. The molecule has 1 unspecified atom stereocenters. The molecule has 4 heteroatoms. The van der Waals surface area contributed by atoms with Gasteiger partial charge in [0.25, 0.3) is 0 Å². The fourth-order valence-corrected chi connectivity index (χ4v) is 3.02. The van der Waals surface area contributed by atoms with Gasteiger partial charge in [0.15, 0.2) is 0 Å². The maximum atomic E-state index is 12.5. The fraction of sp³-hybridized carbons (Fsp3) is 0.625. The Morgan fingerprint density at radius 3 is 2.25 bits per heavy atom. The molecular formula is C16H20F3N. The van der Waals surface area contributed by atoms with Crippen molar-refractivity contribution in [2.24, 2.45) is 11.3 Å². The zero-order valence-corrected chi connectivity index (χ0v) is 11.6. The van der Waals surface area contributed by atoms with E-state index in [1.807, 2.05) is 6.92 Å². The van der Waals surface area contributed by atoms with Crippen molar-refractivity contribution in [1.82, 2.24) is 5.32 Å². The number of halogens is 3. The first-order valence-electron chi connectivity index (χ1n) is 7.31. The van der Waals surface area contributed by atoms with Crippen LogP contribution in [0.15, 0.2) is 24.3 Å². The highest BCUT2D eigenvalue weighted by atomic mass is 19.4. The Hall–Kier alpha value is -1.03. The molecule has 3 rings (SSSR count). The van der Waals surface area contributed by atoms with E-state index in [4.69, 9.17) is 0 Å². The molecule has 0 spiro atoms. The maximum absolute atomic E-state index is 12.5. The van der Waals surface area contributed by atoms with Gasteiger partial charge in [-0.15, -0.1) is 0 Å². The Balaban J connectivity index is 1.58. The predicted octanol–water partition coefficient (Wildman–Crippen LogP) is 4.55. The third-order valence-corrected chi connectivity index (χ3v) is 4.83. The molecule has 110 valence electrons. The van der Waals surface area contributed by atoms with Crippen LogP contribution in [0.25, 0.3) is 0 Å². The van der Waals surface area contributed by atoms with Gasteiger partial charge in [0, 0.05) is 12.6 Å². The van der Waals surface area contributed by atoms with E-state index in [1.54, 1.807) is 12.1 Å². The number of hydrogen-bond donors (Lipinski definition) is 1. The van der Waals surface area contributed by atoms with Gasteiger partial charge in [-0.05, 0) is 61.6 Å². The summed E-state index contributed by atoms with van der Waals surface area (Å²) in [5.41, 5.74) is 0.856. The highest BCUT2D eigenvalue weighted by Gasteiger charge is 2.53. The average Bonchev–Trinajstić information content (AvgIpc) is 3.27. The summed E-state index contributed by atoms with van der Waals surface area (Å²) >= 11 is 0. The smallest absolute Gasteiger partial charge is 0.310 e. The zero-order valence-electron chi connectivity index (χ0n) is 11.6. The zero-order chi connectivity index (χ0) is 14.4. The number of nitrogens with one attached hydrogen (secondary N) is 1. The van der Waals surface area contributed by atoms with Gasteiger partial charge in [0.1, 0.15) is 0 Å². The van der Waals surface area contributed by atoms with Gasteiger partial charge in [-0.25, -0.2) is 0 Å². The first kappa shape index (κ1) is 13.9. The number of benzene rings is 1. The van der Waals surface area contributed by atoms with Gasteiger partial charge in [-0.3, -0.25) is 0 Å². The molecule has 1 N–H and O–H groups in total. The lowest BCUT2D eigenvalue weighted by molar-refractivity contribution is -0.137. The molecule has 0 bridgehead atoms. The quantitative estimate of drug-likeness (QED) is 0.836. The van der Waals surface area contributed by atoms with Crippen molar-refractivity contribution in [2.75, 3.05) is 6.54 Å². The van der Waals surface area contributed by atoms with E-state index in [9.17, 15) is 13.2 Å². The summed E-state index contributed by atoms with van der Waals surface area (Å²) < 4.78 is 37.5. The first-order valence-corrected chi connectivity index (χ1v) is 7.31. The highest BCUT2D eigenvalue weighted by Crippen LogP contribution is 2.60. The summed E-state index contributed by atoms with van der Waals surface area (Å²) in [6.45, 7) is 3.02. The molecule has 1 nitrogen and oxygen atoms in total. The maximum Gasteiger partial charge on any atom is 0.416 e. The summed E-state index contributed by atoms with van der Waals surface area (Å²) in [5.74, 6) is 0.898. The Kier molecular flexibility index (Phi) is 3.32. The van der Waals surface area contributed by atoms with Crippen LogP contribution in [0.2, 0.25) is 0 Å². The van der Waals surface area contributed by atoms with Crippen LogP contribution in [0.5, 0.6) is 0 Å². The fourth-order valence-electron chi connectivity index (χ4n) is 3.02. The summed E-state index contributed by atoms with van der Waals surface area (Å²) in [5, 5.41) is 3.50. The summed E-state index contributed by atoms with van der Waals surface area (Å²) in [4.78, 5) is 0. The van der Waals surface area contributed by atoms with Crippen molar-refractivity contribution >= 4 is 0 Å². The van der Waals surface area contributed by atoms with E-state index in [-0.39, 0.29) is 6.04 Å². The summed E-state index contributed by atoms with van der Waals surface area (Å²) in [7, 11) is 0. The first-order chi connectivity index (χ1) is 9.41. The van der Waals surface area contributed by atoms with Gasteiger partial charge in [0.05, 0.1) is 5.56 Å². The van der Waals surface area contributed by atoms with Crippen LogP contribution in [0.1, 0.15) is 49.8 Å². The molecule has 2 aliphatic rings. The number of alkyl halides is 3. The Labute approximate surface area is 117 Å². The van der Waals surface area contributed by atoms with Crippen LogP contribution >= 0.6 is 0 Å². The van der Waals surface area contributed by atoms with Gasteiger partial charge in [-0.2, -0.15) is 13.2 Å². The lowest BCUT2D eigenvalue weighted by atomic mass is 9.99. The molecule has 20 heavy (non-hydrogen) atoms. The van der Waals surface area contributed by atoms with Crippen LogP contribution in [0, 0.1) is 11.3 Å². The van der Waals surface area contributed by atoms with Crippen molar-refractivity contribution in [3.63, 3.8) is 0 Å². The third-order valence-electron chi connectivity index (χ3n) is 4.83. The molecular weight excluding hydrogens is 263 g/mol. The van der Waals surface area contributed by atoms with Gasteiger partial charge in [-0.1, -0.05) is 12.1 Å². The van der Waals surface area contributed by atoms with Crippen LogP contribution in [-0.4, -0.2) is 6.54 Å². The minimum atomic E-state index is -4.25. The molecule has 2 saturated carbocycles. The van der Waals surface area contributed by atoms with Crippen LogP contribution in [-0.2, 0) is 6.18 Å². The Bertz CT molecular complexity index is 469. The number of hydrogen-bond acceptors (Lipinski definition) is 1. The lowest BCUT2D eigenvalue weighted by Gasteiger charge is -2.20. The van der Waals surface area contributed by atoms with E-state index in [2.05, 4.69) is 5.32 Å². The molecule has 0 radical (unpaired) electrons. The monoisotopic (exact) mass is 283 g/mol. The van der Waals surface area contributed by atoms with Crippen LogP contribution in [0.4, 0.5) is 13.2 Å². The molecule has 1 aromatic carbocycles. The van der Waals surface area contributed by atoms with Crippen molar-refractivity contribution in [3.05, 3.63) is 35.4 Å². The van der Waals surface area contributed by atoms with Crippen molar-refractivity contribution < 1.29 is 13.2 Å². The van der Waals surface area contributed by atoms with Gasteiger partial charge >= 0.3 is 6.18 Å². The van der Waals surface area contributed by atoms with E-state index in [0.717, 1.165) is 18.0 Å².